The Kier molecular flexibility index (Phi) is 7.50. The summed E-state index contributed by atoms with van der Waals surface area (Å²) in [5, 5.41) is 0. The van der Waals surface area contributed by atoms with Gasteiger partial charge in [0.25, 0.3) is 0 Å². The highest BCUT2D eigenvalue weighted by Crippen LogP contribution is 2.46. The van der Waals surface area contributed by atoms with Gasteiger partial charge in [-0.25, -0.2) is 4.79 Å². The summed E-state index contributed by atoms with van der Waals surface area (Å²) in [7, 11) is 0. The number of hydrogen-bond donors (Lipinski definition) is 0. The smallest absolute Gasteiger partial charge is 0.449 e. The zero-order valence-corrected chi connectivity index (χ0v) is 14.3. The van der Waals surface area contributed by atoms with Crippen molar-refractivity contribution >= 4 is 17.9 Å². The molecule has 0 N–H and O–H groups in total. The minimum atomic E-state index is -6.32. The summed E-state index contributed by atoms with van der Waals surface area (Å²) >= 11 is 0. The van der Waals surface area contributed by atoms with Crippen molar-refractivity contribution in [3.05, 3.63) is 0 Å². The van der Waals surface area contributed by atoms with Gasteiger partial charge in [0.2, 0.25) is 0 Å². The summed E-state index contributed by atoms with van der Waals surface area (Å²) in [5.41, 5.74) is -6.41. The SMILES string of the molecule is CCC(C)(C)C(=O)OCCOC(=O)C(OC(C)=O)(C(F)(F)F)C(F)(F)F. The van der Waals surface area contributed by atoms with Gasteiger partial charge in [-0.05, 0) is 20.3 Å². The molecule has 6 nitrogen and oxygen atoms in total. The second-order valence-corrected chi connectivity index (χ2v) is 5.78. The largest absolute Gasteiger partial charge is 0.462 e. The van der Waals surface area contributed by atoms with Gasteiger partial charge >= 0.3 is 35.9 Å². The molecule has 0 rings (SSSR count). The van der Waals surface area contributed by atoms with E-state index in [1.54, 1.807) is 6.92 Å². The Morgan fingerprint density at radius 3 is 1.50 bits per heavy atom. The minimum absolute atomic E-state index is 0.272. The molecule has 152 valence electrons. The van der Waals surface area contributed by atoms with Gasteiger partial charge < -0.3 is 14.2 Å². The van der Waals surface area contributed by atoms with Crippen LogP contribution in [0.1, 0.15) is 34.1 Å². The van der Waals surface area contributed by atoms with Crippen LogP contribution in [0.25, 0.3) is 0 Å². The Morgan fingerprint density at radius 1 is 0.808 bits per heavy atom. The molecule has 0 aliphatic rings. The molecule has 0 saturated heterocycles. The van der Waals surface area contributed by atoms with E-state index >= 15 is 0 Å². The molecule has 0 saturated carbocycles. The van der Waals surface area contributed by atoms with Crippen LogP contribution in [0.5, 0.6) is 0 Å². The summed E-state index contributed by atoms with van der Waals surface area (Å²) < 4.78 is 89.5. The lowest BCUT2D eigenvalue weighted by Gasteiger charge is -2.33. The van der Waals surface area contributed by atoms with Crippen molar-refractivity contribution in [2.75, 3.05) is 13.2 Å². The van der Waals surface area contributed by atoms with E-state index in [9.17, 15) is 40.7 Å². The normalized spacial score (nSPS) is 13.2. The topological polar surface area (TPSA) is 78.9 Å². The molecule has 0 heterocycles. The summed E-state index contributed by atoms with van der Waals surface area (Å²) in [5.74, 6) is -5.67. The van der Waals surface area contributed by atoms with E-state index in [0.717, 1.165) is 0 Å². The molecule has 0 atom stereocenters. The zero-order valence-electron chi connectivity index (χ0n) is 14.3. The van der Waals surface area contributed by atoms with Gasteiger partial charge in [0, 0.05) is 6.92 Å². The van der Waals surface area contributed by atoms with Crippen LogP contribution in [0.15, 0.2) is 0 Å². The first-order chi connectivity index (χ1) is 11.5. The average molecular weight is 396 g/mol. The van der Waals surface area contributed by atoms with E-state index in [2.05, 4.69) is 14.2 Å². The summed E-state index contributed by atoms with van der Waals surface area (Å²) in [6, 6.07) is 0. The molecule has 0 bridgehead atoms. The van der Waals surface area contributed by atoms with Crippen molar-refractivity contribution < 1.29 is 54.9 Å². The molecule has 0 aliphatic carbocycles. The maximum atomic E-state index is 12.9. The third-order valence-electron chi connectivity index (χ3n) is 3.37. The van der Waals surface area contributed by atoms with Crippen LogP contribution in [-0.4, -0.2) is 49.1 Å². The minimum Gasteiger partial charge on any atom is -0.462 e. The number of esters is 3. The number of rotatable bonds is 7. The lowest BCUT2D eigenvalue weighted by atomic mass is 9.91. The van der Waals surface area contributed by atoms with Crippen molar-refractivity contribution in [3.63, 3.8) is 0 Å². The zero-order chi connectivity index (χ0) is 21.0. The monoisotopic (exact) mass is 396 g/mol. The molecule has 0 amide bonds. The van der Waals surface area contributed by atoms with E-state index < -0.39 is 54.5 Å². The fourth-order valence-corrected chi connectivity index (χ4v) is 1.48. The van der Waals surface area contributed by atoms with Crippen molar-refractivity contribution in [2.24, 2.45) is 5.41 Å². The molecule has 0 aromatic heterocycles. The second kappa shape index (κ2) is 8.12. The standard InChI is InChI=1S/C14H18F6O6/c1-5-11(3,4)9(22)24-6-7-25-10(23)12(13(15,16)17,14(18,19)20)26-8(2)21/h5-7H2,1-4H3. The molecule has 12 heteroatoms. The Labute approximate surface area is 144 Å². The molecule has 0 unspecified atom stereocenters. The van der Waals surface area contributed by atoms with Crippen LogP contribution in [-0.2, 0) is 28.6 Å². The van der Waals surface area contributed by atoms with Crippen molar-refractivity contribution in [2.45, 2.75) is 52.1 Å². The van der Waals surface area contributed by atoms with Crippen LogP contribution in [0.4, 0.5) is 26.3 Å². The summed E-state index contributed by atoms with van der Waals surface area (Å²) in [4.78, 5) is 33.8. The molecular formula is C14H18F6O6. The molecule has 0 fully saturated rings. The summed E-state index contributed by atoms with van der Waals surface area (Å²) in [6.45, 7) is 3.05. The first kappa shape index (κ1) is 24.0. The number of halogens is 6. The van der Waals surface area contributed by atoms with E-state index in [1.807, 2.05) is 0 Å². The number of carbonyl (C=O) groups excluding carboxylic acids is 3. The molecule has 0 aromatic rings. The number of alkyl halides is 6. The molecule has 26 heavy (non-hydrogen) atoms. The van der Waals surface area contributed by atoms with E-state index in [0.29, 0.717) is 6.42 Å². The Bertz CT molecular complexity index is 523. The fraction of sp³-hybridized carbons (Fsp3) is 0.786. The quantitative estimate of drug-likeness (QED) is 0.285. The molecule has 0 radical (unpaired) electrons. The van der Waals surface area contributed by atoms with Crippen LogP contribution in [0, 0.1) is 5.41 Å². The Hall–Kier alpha value is -2.01. The van der Waals surface area contributed by atoms with Crippen molar-refractivity contribution in [1.82, 2.24) is 0 Å². The maximum Gasteiger partial charge on any atom is 0.449 e. The van der Waals surface area contributed by atoms with Crippen LogP contribution >= 0.6 is 0 Å². The van der Waals surface area contributed by atoms with Crippen molar-refractivity contribution in [1.29, 1.82) is 0 Å². The van der Waals surface area contributed by atoms with Crippen molar-refractivity contribution in [3.8, 4) is 0 Å². The first-order valence-electron chi connectivity index (χ1n) is 7.20. The molecule has 0 aliphatic heterocycles. The van der Waals surface area contributed by atoms with Crippen LogP contribution in [0.3, 0.4) is 0 Å². The van der Waals surface area contributed by atoms with E-state index in [-0.39, 0.29) is 6.92 Å². The number of carbonyl (C=O) groups is 3. The van der Waals surface area contributed by atoms with Gasteiger partial charge in [-0.15, -0.1) is 0 Å². The highest BCUT2D eigenvalue weighted by Gasteiger charge is 2.80. The lowest BCUT2D eigenvalue weighted by molar-refractivity contribution is -0.358. The third kappa shape index (κ3) is 5.24. The fourth-order valence-electron chi connectivity index (χ4n) is 1.48. The number of hydrogen-bond acceptors (Lipinski definition) is 6. The number of ether oxygens (including phenoxy) is 3. The van der Waals surface area contributed by atoms with Crippen LogP contribution in [0.2, 0.25) is 0 Å². The van der Waals surface area contributed by atoms with Gasteiger partial charge in [0.15, 0.2) is 0 Å². The predicted molar refractivity (Wildman–Crippen MR) is 72.6 cm³/mol. The second-order valence-electron chi connectivity index (χ2n) is 5.78. The van der Waals surface area contributed by atoms with Gasteiger partial charge in [-0.2, -0.15) is 26.3 Å². The Morgan fingerprint density at radius 2 is 1.19 bits per heavy atom. The van der Waals surface area contributed by atoms with E-state index in [1.165, 1.54) is 13.8 Å². The average Bonchev–Trinajstić information content (AvgIpc) is 2.45. The molecule has 0 spiro atoms. The highest BCUT2D eigenvalue weighted by molar-refractivity contribution is 5.85. The molecular weight excluding hydrogens is 378 g/mol. The predicted octanol–water partition coefficient (Wildman–Crippen LogP) is 2.94. The highest BCUT2D eigenvalue weighted by atomic mass is 19.4. The van der Waals surface area contributed by atoms with Gasteiger partial charge in [0.05, 0.1) is 5.41 Å². The lowest BCUT2D eigenvalue weighted by Crippen LogP contribution is -2.65. The van der Waals surface area contributed by atoms with Gasteiger partial charge in [-0.3, -0.25) is 9.59 Å². The Balaban J connectivity index is 5.24. The summed E-state index contributed by atoms with van der Waals surface area (Å²) in [6.07, 6.45) is -12.3. The van der Waals surface area contributed by atoms with Crippen LogP contribution < -0.4 is 0 Å². The molecule has 0 aromatic carbocycles. The maximum absolute atomic E-state index is 12.9. The van der Waals surface area contributed by atoms with E-state index in [4.69, 9.17) is 0 Å². The van der Waals surface area contributed by atoms with Gasteiger partial charge in [0.1, 0.15) is 13.2 Å². The van der Waals surface area contributed by atoms with Gasteiger partial charge in [-0.1, -0.05) is 6.92 Å². The first-order valence-corrected chi connectivity index (χ1v) is 7.20. The third-order valence-corrected chi connectivity index (χ3v) is 3.37.